The molecule has 7 nitrogen and oxygen atoms in total. The number of hydrogen-bond donors (Lipinski definition) is 3. The van der Waals surface area contributed by atoms with Crippen molar-refractivity contribution in [1.82, 2.24) is 20.4 Å². The summed E-state index contributed by atoms with van der Waals surface area (Å²) in [7, 11) is 1.56. The van der Waals surface area contributed by atoms with Crippen molar-refractivity contribution in [1.29, 1.82) is 0 Å². The summed E-state index contributed by atoms with van der Waals surface area (Å²) in [5, 5.41) is 9.66. The minimum Gasteiger partial charge on any atom is -0.395 e. The number of nitrogens with one attached hydrogen (secondary N) is 2. The predicted octanol–water partition coefficient (Wildman–Crippen LogP) is 0.856. The molecule has 0 unspecified atom stereocenters. The third kappa shape index (κ3) is 3.74. The highest BCUT2D eigenvalue weighted by Gasteiger charge is 2.31. The van der Waals surface area contributed by atoms with E-state index in [1.165, 1.54) is 4.90 Å². The Morgan fingerprint density at radius 1 is 1.43 bits per heavy atom. The van der Waals surface area contributed by atoms with Gasteiger partial charge < -0.3 is 16.0 Å². The second kappa shape index (κ2) is 5.38. The maximum Gasteiger partial charge on any atom is 0.276 e. The number of carbonyl (C=O) groups excluding carboxylic acids is 2. The molecule has 7 heteroatoms. The molecule has 0 aromatic carbocycles. The summed E-state index contributed by atoms with van der Waals surface area (Å²) in [6, 6.07) is 0. The van der Waals surface area contributed by atoms with Crippen LogP contribution < -0.4 is 11.1 Å². The number of anilines is 1. The van der Waals surface area contributed by atoms with Crippen LogP contribution in [0.1, 0.15) is 55.7 Å². The first-order valence-corrected chi connectivity index (χ1v) is 7.09. The Kier molecular flexibility index (Phi) is 3.93. The van der Waals surface area contributed by atoms with Crippen LogP contribution in [0, 0.1) is 0 Å². The molecule has 1 fully saturated rings. The molecule has 1 aromatic rings. The van der Waals surface area contributed by atoms with Crippen LogP contribution in [0.5, 0.6) is 0 Å². The smallest absolute Gasteiger partial charge is 0.276 e. The zero-order chi connectivity index (χ0) is 15.8. The Labute approximate surface area is 124 Å². The quantitative estimate of drug-likeness (QED) is 0.765. The fourth-order valence-corrected chi connectivity index (χ4v) is 2.14. The predicted molar refractivity (Wildman–Crippen MR) is 79.8 cm³/mol. The number of H-pyrrole nitrogens is 1. The molecular weight excluding hydrogens is 270 g/mol. The average Bonchev–Trinajstić information content (AvgIpc) is 3.09. The van der Waals surface area contributed by atoms with Crippen molar-refractivity contribution in [2.24, 2.45) is 0 Å². The third-order valence-electron chi connectivity index (χ3n) is 3.26. The highest BCUT2D eigenvalue weighted by atomic mass is 16.2. The Morgan fingerprint density at radius 3 is 2.57 bits per heavy atom. The molecule has 0 spiro atoms. The van der Waals surface area contributed by atoms with Crippen LogP contribution in [0.15, 0.2) is 0 Å². The molecule has 1 aliphatic rings. The molecule has 0 bridgehead atoms. The largest absolute Gasteiger partial charge is 0.395 e. The van der Waals surface area contributed by atoms with Gasteiger partial charge in [0, 0.05) is 18.5 Å². The first-order valence-electron chi connectivity index (χ1n) is 7.09. The van der Waals surface area contributed by atoms with E-state index in [1.807, 2.05) is 20.8 Å². The molecule has 1 heterocycles. The third-order valence-corrected chi connectivity index (χ3v) is 3.26. The maximum absolute atomic E-state index is 12.3. The number of nitrogens with zero attached hydrogens (tertiary/aromatic N) is 2. The van der Waals surface area contributed by atoms with E-state index < -0.39 is 0 Å². The van der Waals surface area contributed by atoms with Gasteiger partial charge in [0.25, 0.3) is 5.91 Å². The number of aromatic amines is 1. The molecule has 1 aromatic heterocycles. The maximum atomic E-state index is 12.3. The Morgan fingerprint density at radius 2 is 2.05 bits per heavy atom. The zero-order valence-electron chi connectivity index (χ0n) is 13.0. The number of nitrogen functional groups attached to an aromatic ring is 1. The molecule has 1 saturated carbocycles. The van der Waals surface area contributed by atoms with Gasteiger partial charge in [-0.1, -0.05) is 0 Å². The van der Waals surface area contributed by atoms with Gasteiger partial charge in [-0.15, -0.1) is 0 Å². The molecule has 2 amide bonds. The standard InChI is InChI=1S/C14H23N5O2/c1-14(2,3)16-9(20)7-19(4)13(21)12-10(15)11(17-18-12)8-5-6-8/h8H,5-7,15H2,1-4H3,(H,16,20)(H,17,18). The number of carbonyl (C=O) groups is 2. The highest BCUT2D eigenvalue weighted by molar-refractivity contribution is 5.99. The van der Waals surface area contributed by atoms with E-state index >= 15 is 0 Å². The molecule has 116 valence electrons. The number of amides is 2. The molecule has 0 atom stereocenters. The number of nitrogens with two attached hydrogens (primary N) is 1. The van der Waals surface area contributed by atoms with Crippen molar-refractivity contribution in [2.75, 3.05) is 19.3 Å². The van der Waals surface area contributed by atoms with Crippen LogP contribution in [-0.2, 0) is 4.79 Å². The van der Waals surface area contributed by atoms with Crippen molar-refractivity contribution in [2.45, 2.75) is 45.1 Å². The van der Waals surface area contributed by atoms with Crippen LogP contribution in [0.4, 0.5) is 5.69 Å². The number of aromatic nitrogens is 2. The van der Waals surface area contributed by atoms with Gasteiger partial charge in [0.1, 0.15) is 0 Å². The van der Waals surface area contributed by atoms with Gasteiger partial charge in [-0.3, -0.25) is 14.7 Å². The van der Waals surface area contributed by atoms with E-state index in [1.54, 1.807) is 7.05 Å². The van der Waals surface area contributed by atoms with Crippen molar-refractivity contribution in [3.8, 4) is 0 Å². The van der Waals surface area contributed by atoms with E-state index in [0.29, 0.717) is 11.6 Å². The molecular formula is C14H23N5O2. The minimum atomic E-state index is -0.347. The van der Waals surface area contributed by atoms with Crippen molar-refractivity contribution >= 4 is 17.5 Å². The fourth-order valence-electron chi connectivity index (χ4n) is 2.14. The van der Waals surface area contributed by atoms with Crippen LogP contribution in [0.2, 0.25) is 0 Å². The Bertz CT molecular complexity index is 554. The fraction of sp³-hybridized carbons (Fsp3) is 0.643. The topological polar surface area (TPSA) is 104 Å². The van der Waals surface area contributed by atoms with Crippen LogP contribution in [-0.4, -0.2) is 46.0 Å². The normalized spacial score (nSPS) is 14.9. The molecule has 4 N–H and O–H groups in total. The number of likely N-dealkylation sites (N-methyl/N-ethyl adjacent to an activating group) is 1. The van der Waals surface area contributed by atoms with Gasteiger partial charge in [-0.05, 0) is 33.6 Å². The summed E-state index contributed by atoms with van der Waals surface area (Å²) in [6.07, 6.45) is 2.15. The van der Waals surface area contributed by atoms with Crippen LogP contribution in [0.25, 0.3) is 0 Å². The van der Waals surface area contributed by atoms with Crippen molar-refractivity contribution in [3.05, 3.63) is 11.4 Å². The summed E-state index contributed by atoms with van der Waals surface area (Å²) < 4.78 is 0. The lowest BCUT2D eigenvalue weighted by molar-refractivity contribution is -0.122. The van der Waals surface area contributed by atoms with Crippen LogP contribution in [0.3, 0.4) is 0 Å². The van der Waals surface area contributed by atoms with Gasteiger partial charge in [0.15, 0.2) is 5.69 Å². The van der Waals surface area contributed by atoms with E-state index in [2.05, 4.69) is 15.5 Å². The van der Waals surface area contributed by atoms with Gasteiger partial charge in [0.05, 0.1) is 17.9 Å². The molecule has 1 aliphatic carbocycles. The summed E-state index contributed by atoms with van der Waals surface area (Å²) >= 11 is 0. The van der Waals surface area contributed by atoms with E-state index in [-0.39, 0.29) is 29.6 Å². The van der Waals surface area contributed by atoms with Crippen molar-refractivity contribution < 1.29 is 9.59 Å². The van der Waals surface area contributed by atoms with Crippen LogP contribution >= 0.6 is 0 Å². The molecule has 0 saturated heterocycles. The Hall–Kier alpha value is -2.05. The minimum absolute atomic E-state index is 0.0266. The monoisotopic (exact) mass is 293 g/mol. The van der Waals surface area contributed by atoms with Gasteiger partial charge in [0.2, 0.25) is 5.91 Å². The first kappa shape index (κ1) is 15.3. The van der Waals surface area contributed by atoms with E-state index in [0.717, 1.165) is 18.5 Å². The Balaban J connectivity index is 2.00. The van der Waals surface area contributed by atoms with Crippen molar-refractivity contribution in [3.63, 3.8) is 0 Å². The summed E-state index contributed by atoms with van der Waals surface area (Å²) in [4.78, 5) is 25.5. The molecule has 0 aliphatic heterocycles. The van der Waals surface area contributed by atoms with Gasteiger partial charge in [-0.25, -0.2) is 0 Å². The summed E-state index contributed by atoms with van der Waals surface area (Å²) in [5.74, 6) is -0.164. The first-order chi connectivity index (χ1) is 9.69. The lowest BCUT2D eigenvalue weighted by Crippen LogP contribution is -2.46. The van der Waals surface area contributed by atoms with E-state index in [4.69, 9.17) is 5.73 Å². The molecule has 21 heavy (non-hydrogen) atoms. The SMILES string of the molecule is CN(CC(=O)NC(C)(C)C)C(=O)c1n[nH]c(C2CC2)c1N. The van der Waals surface area contributed by atoms with Gasteiger partial charge >= 0.3 is 0 Å². The summed E-state index contributed by atoms with van der Waals surface area (Å²) in [6.45, 7) is 5.64. The second-order valence-electron chi connectivity index (χ2n) is 6.63. The highest BCUT2D eigenvalue weighted by Crippen LogP contribution is 2.42. The zero-order valence-corrected chi connectivity index (χ0v) is 13.0. The molecule has 0 radical (unpaired) electrons. The number of hydrogen-bond acceptors (Lipinski definition) is 4. The van der Waals surface area contributed by atoms with E-state index in [9.17, 15) is 9.59 Å². The second-order valence-corrected chi connectivity index (χ2v) is 6.63. The molecule has 2 rings (SSSR count). The number of rotatable bonds is 4. The lowest BCUT2D eigenvalue weighted by Gasteiger charge is -2.23. The van der Waals surface area contributed by atoms with Gasteiger partial charge in [-0.2, -0.15) is 5.10 Å². The average molecular weight is 293 g/mol. The summed E-state index contributed by atoms with van der Waals surface area (Å²) in [5.41, 5.74) is 7.09. The lowest BCUT2D eigenvalue weighted by atomic mass is 10.1.